The summed E-state index contributed by atoms with van der Waals surface area (Å²) in [5, 5.41) is 12.3. The van der Waals surface area contributed by atoms with Crippen LogP contribution in [-0.2, 0) is 6.42 Å². The molecule has 3 nitrogen and oxygen atoms in total. The first-order chi connectivity index (χ1) is 9.33. The lowest BCUT2D eigenvalue weighted by Crippen LogP contribution is -2.39. The Bertz CT molecular complexity index is 524. The molecule has 2 heterocycles. The Kier molecular flexibility index (Phi) is 3.71. The maximum atomic E-state index is 10.2. The lowest BCUT2D eigenvalue weighted by molar-refractivity contribution is -0.0132. The number of aryl methyl sites for hydroxylation is 1. The molecule has 1 N–H and O–H groups in total. The van der Waals surface area contributed by atoms with Gasteiger partial charge in [0, 0.05) is 4.88 Å². The minimum atomic E-state index is -0.504. The van der Waals surface area contributed by atoms with Gasteiger partial charge in [-0.05, 0) is 36.4 Å². The van der Waals surface area contributed by atoms with Crippen LogP contribution in [0, 0.1) is 0 Å². The van der Waals surface area contributed by atoms with Crippen molar-refractivity contribution in [3.05, 3.63) is 46.7 Å². The van der Waals surface area contributed by atoms with Gasteiger partial charge < -0.3 is 14.6 Å². The Hall–Kier alpha value is -1.52. The van der Waals surface area contributed by atoms with Gasteiger partial charge in [0.05, 0.1) is 6.10 Å². The molecule has 4 heteroatoms. The number of aliphatic hydroxyl groups is 1. The SMILES string of the molecule is OC(CCc1cccs1)C1COc2ccccc2O1. The molecule has 1 aliphatic rings. The smallest absolute Gasteiger partial charge is 0.161 e. The van der Waals surface area contributed by atoms with E-state index in [4.69, 9.17) is 9.47 Å². The molecule has 0 saturated carbocycles. The van der Waals surface area contributed by atoms with Crippen molar-refractivity contribution < 1.29 is 14.6 Å². The molecule has 0 saturated heterocycles. The lowest BCUT2D eigenvalue weighted by atomic mass is 10.1. The van der Waals surface area contributed by atoms with E-state index in [9.17, 15) is 5.11 Å². The topological polar surface area (TPSA) is 38.7 Å². The zero-order valence-corrected chi connectivity index (χ0v) is 11.3. The minimum absolute atomic E-state index is 0.283. The molecule has 1 aromatic heterocycles. The van der Waals surface area contributed by atoms with Crippen LogP contribution >= 0.6 is 11.3 Å². The van der Waals surface area contributed by atoms with Crippen molar-refractivity contribution in [1.82, 2.24) is 0 Å². The molecule has 19 heavy (non-hydrogen) atoms. The largest absolute Gasteiger partial charge is 0.486 e. The Morgan fingerprint density at radius 3 is 2.84 bits per heavy atom. The average Bonchev–Trinajstić information content (AvgIpc) is 2.97. The maximum Gasteiger partial charge on any atom is 0.161 e. The van der Waals surface area contributed by atoms with Gasteiger partial charge in [0.1, 0.15) is 6.61 Å². The number of fused-ring (bicyclic) bond motifs is 1. The van der Waals surface area contributed by atoms with Crippen molar-refractivity contribution in [3.8, 4) is 11.5 Å². The summed E-state index contributed by atoms with van der Waals surface area (Å²) in [5.41, 5.74) is 0. The van der Waals surface area contributed by atoms with Crippen LogP contribution in [0.2, 0.25) is 0 Å². The molecule has 100 valence electrons. The molecule has 0 fully saturated rings. The third-order valence-electron chi connectivity index (χ3n) is 3.23. The molecule has 2 aromatic rings. The number of rotatable bonds is 4. The van der Waals surface area contributed by atoms with E-state index in [2.05, 4.69) is 11.4 Å². The molecule has 0 spiro atoms. The summed E-state index contributed by atoms with van der Waals surface area (Å²) in [6, 6.07) is 11.7. The molecular formula is C15H16O3S. The van der Waals surface area contributed by atoms with E-state index >= 15 is 0 Å². The predicted molar refractivity (Wildman–Crippen MR) is 75.0 cm³/mol. The predicted octanol–water partition coefficient (Wildman–Crippen LogP) is 2.88. The molecule has 3 rings (SSSR count). The summed E-state index contributed by atoms with van der Waals surface area (Å²) in [6.45, 7) is 0.405. The van der Waals surface area contributed by atoms with Gasteiger partial charge in [-0.15, -0.1) is 11.3 Å². The number of hydrogen-bond donors (Lipinski definition) is 1. The van der Waals surface area contributed by atoms with Gasteiger partial charge in [-0.1, -0.05) is 18.2 Å². The zero-order valence-electron chi connectivity index (χ0n) is 10.5. The summed E-state index contributed by atoms with van der Waals surface area (Å²) in [6.07, 6.45) is 0.780. The van der Waals surface area contributed by atoms with Gasteiger partial charge in [-0.3, -0.25) is 0 Å². The molecule has 1 aromatic carbocycles. The van der Waals surface area contributed by atoms with Crippen LogP contribution in [0.3, 0.4) is 0 Å². The fraction of sp³-hybridized carbons (Fsp3) is 0.333. The normalized spacial score (nSPS) is 19.1. The Balaban J connectivity index is 1.58. The van der Waals surface area contributed by atoms with Crippen molar-refractivity contribution in [2.24, 2.45) is 0 Å². The number of hydrogen-bond acceptors (Lipinski definition) is 4. The highest BCUT2D eigenvalue weighted by Crippen LogP contribution is 2.32. The number of benzene rings is 1. The van der Waals surface area contributed by atoms with Crippen molar-refractivity contribution in [2.45, 2.75) is 25.0 Å². The highest BCUT2D eigenvalue weighted by Gasteiger charge is 2.27. The quantitative estimate of drug-likeness (QED) is 0.933. The average molecular weight is 276 g/mol. The van der Waals surface area contributed by atoms with Gasteiger partial charge in [-0.2, -0.15) is 0 Å². The van der Waals surface area contributed by atoms with Gasteiger partial charge in [0.25, 0.3) is 0 Å². The zero-order chi connectivity index (χ0) is 13.1. The third kappa shape index (κ3) is 2.91. The molecule has 0 bridgehead atoms. The highest BCUT2D eigenvalue weighted by atomic mass is 32.1. The second kappa shape index (κ2) is 5.63. The van der Waals surface area contributed by atoms with Crippen molar-refractivity contribution in [1.29, 1.82) is 0 Å². The third-order valence-corrected chi connectivity index (χ3v) is 4.16. The molecule has 0 aliphatic carbocycles. The summed E-state index contributed by atoms with van der Waals surface area (Å²) in [7, 11) is 0. The van der Waals surface area contributed by atoms with Gasteiger partial charge >= 0.3 is 0 Å². The number of para-hydroxylation sites is 2. The van der Waals surface area contributed by atoms with E-state index in [1.54, 1.807) is 11.3 Å². The first-order valence-corrected chi connectivity index (χ1v) is 7.30. The van der Waals surface area contributed by atoms with Gasteiger partial charge in [0.15, 0.2) is 17.6 Å². The molecular weight excluding hydrogens is 260 g/mol. The van der Waals surface area contributed by atoms with Crippen LogP contribution in [0.4, 0.5) is 0 Å². The minimum Gasteiger partial charge on any atom is -0.486 e. The fourth-order valence-corrected chi connectivity index (χ4v) is 2.88. The molecule has 2 atom stereocenters. The molecule has 1 aliphatic heterocycles. The van der Waals surface area contributed by atoms with Crippen molar-refractivity contribution >= 4 is 11.3 Å². The van der Waals surface area contributed by atoms with Crippen LogP contribution in [0.5, 0.6) is 11.5 Å². The number of aliphatic hydroxyl groups excluding tert-OH is 1. The van der Waals surface area contributed by atoms with E-state index < -0.39 is 6.10 Å². The monoisotopic (exact) mass is 276 g/mol. The van der Waals surface area contributed by atoms with Crippen LogP contribution in [0.1, 0.15) is 11.3 Å². The number of ether oxygens (including phenoxy) is 2. The summed E-state index contributed by atoms with van der Waals surface area (Å²) >= 11 is 1.72. The van der Waals surface area contributed by atoms with E-state index in [1.165, 1.54) is 4.88 Å². The molecule has 0 amide bonds. The first kappa shape index (κ1) is 12.5. The Labute approximate surface area is 116 Å². The maximum absolute atomic E-state index is 10.2. The standard InChI is InChI=1S/C15H16O3S/c16-12(8-7-11-4-3-9-19-11)15-10-17-13-5-1-2-6-14(13)18-15/h1-6,9,12,15-16H,7-8,10H2. The fourth-order valence-electron chi connectivity index (χ4n) is 2.16. The molecule has 2 unspecified atom stereocenters. The second-order valence-corrected chi connectivity index (χ2v) is 5.63. The lowest BCUT2D eigenvalue weighted by Gasteiger charge is -2.29. The summed E-state index contributed by atoms with van der Waals surface area (Å²) < 4.78 is 11.4. The second-order valence-electron chi connectivity index (χ2n) is 4.60. The van der Waals surface area contributed by atoms with E-state index in [1.807, 2.05) is 30.3 Å². The summed E-state index contributed by atoms with van der Waals surface area (Å²) in [5.74, 6) is 1.47. The van der Waals surface area contributed by atoms with Gasteiger partial charge in [-0.25, -0.2) is 0 Å². The first-order valence-electron chi connectivity index (χ1n) is 6.42. The number of thiophene rings is 1. The molecule has 0 radical (unpaired) electrons. The van der Waals surface area contributed by atoms with Crippen molar-refractivity contribution in [3.63, 3.8) is 0 Å². The van der Waals surface area contributed by atoms with E-state index in [0.717, 1.165) is 12.2 Å². The van der Waals surface area contributed by atoms with Crippen molar-refractivity contribution in [2.75, 3.05) is 6.61 Å². The Morgan fingerprint density at radius 1 is 1.21 bits per heavy atom. The Morgan fingerprint density at radius 2 is 2.05 bits per heavy atom. The van der Waals surface area contributed by atoms with Crippen LogP contribution in [0.15, 0.2) is 41.8 Å². The van der Waals surface area contributed by atoms with Crippen LogP contribution < -0.4 is 9.47 Å². The highest BCUT2D eigenvalue weighted by molar-refractivity contribution is 7.09. The van der Waals surface area contributed by atoms with Gasteiger partial charge in [0.2, 0.25) is 0 Å². The van der Waals surface area contributed by atoms with E-state index in [-0.39, 0.29) is 6.10 Å². The summed E-state index contributed by atoms with van der Waals surface area (Å²) in [4.78, 5) is 1.29. The van der Waals surface area contributed by atoms with Crippen LogP contribution in [0.25, 0.3) is 0 Å². The van der Waals surface area contributed by atoms with E-state index in [0.29, 0.717) is 18.8 Å². The van der Waals surface area contributed by atoms with Crippen LogP contribution in [-0.4, -0.2) is 23.9 Å².